The van der Waals surface area contributed by atoms with Crippen LogP contribution in [-0.2, 0) is 22.6 Å². The maximum Gasteiger partial charge on any atom is 0.410 e. The highest BCUT2D eigenvalue weighted by Crippen LogP contribution is 2.19. The molecule has 1 aromatic heterocycles. The standard InChI is InChI=1S/C23H29N3O5/c1-25(15-20-8-9-21(29-2)24-14-20)22(27)30-17-19-10-12-26(13-11-19)23(28)31-16-18-6-4-3-5-7-18/h3-9,14,19H,10-13,15-17H2,1-2H3. The SMILES string of the molecule is COc1ccc(CN(C)C(=O)OCC2CCN(C(=O)OCc3ccccc3)CC2)cn1. The first-order valence-corrected chi connectivity index (χ1v) is 10.4. The summed E-state index contributed by atoms with van der Waals surface area (Å²) < 4.78 is 15.9. The Morgan fingerprint density at radius 1 is 1.06 bits per heavy atom. The minimum atomic E-state index is -0.375. The van der Waals surface area contributed by atoms with E-state index >= 15 is 0 Å². The number of rotatable bonds is 7. The Labute approximate surface area is 182 Å². The quantitative estimate of drug-likeness (QED) is 0.670. The largest absolute Gasteiger partial charge is 0.481 e. The molecule has 1 aliphatic heterocycles. The summed E-state index contributed by atoms with van der Waals surface area (Å²) in [5, 5.41) is 0. The van der Waals surface area contributed by atoms with Crippen LogP contribution in [0.5, 0.6) is 5.88 Å². The first kappa shape index (κ1) is 22.4. The third-order valence-corrected chi connectivity index (χ3v) is 5.26. The van der Waals surface area contributed by atoms with E-state index in [0.717, 1.165) is 24.0 Å². The fourth-order valence-corrected chi connectivity index (χ4v) is 3.36. The second-order valence-electron chi connectivity index (χ2n) is 7.61. The number of piperidine rings is 1. The summed E-state index contributed by atoms with van der Waals surface area (Å²) >= 11 is 0. The van der Waals surface area contributed by atoms with Gasteiger partial charge in [0.1, 0.15) is 6.61 Å². The minimum Gasteiger partial charge on any atom is -0.481 e. The summed E-state index contributed by atoms with van der Waals surface area (Å²) in [6, 6.07) is 13.2. The maximum absolute atomic E-state index is 12.3. The number of nitrogens with zero attached hydrogens (tertiary/aromatic N) is 3. The van der Waals surface area contributed by atoms with Crippen molar-refractivity contribution in [3.05, 3.63) is 59.8 Å². The molecule has 0 bridgehead atoms. The predicted molar refractivity (Wildman–Crippen MR) is 115 cm³/mol. The molecule has 0 saturated carbocycles. The molecular weight excluding hydrogens is 398 g/mol. The Morgan fingerprint density at radius 3 is 2.45 bits per heavy atom. The van der Waals surface area contributed by atoms with Gasteiger partial charge in [0.05, 0.1) is 20.3 Å². The summed E-state index contributed by atoms with van der Waals surface area (Å²) in [6.45, 7) is 2.22. The lowest BCUT2D eigenvalue weighted by atomic mass is 9.98. The van der Waals surface area contributed by atoms with E-state index in [1.54, 1.807) is 31.3 Å². The number of carbonyl (C=O) groups excluding carboxylic acids is 2. The van der Waals surface area contributed by atoms with Gasteiger partial charge in [-0.05, 0) is 29.9 Å². The fourth-order valence-electron chi connectivity index (χ4n) is 3.36. The van der Waals surface area contributed by atoms with Crippen molar-refractivity contribution >= 4 is 12.2 Å². The summed E-state index contributed by atoms with van der Waals surface area (Å²) in [7, 11) is 3.25. The lowest BCUT2D eigenvalue weighted by Crippen LogP contribution is -2.40. The lowest BCUT2D eigenvalue weighted by molar-refractivity contribution is 0.0591. The van der Waals surface area contributed by atoms with Gasteiger partial charge >= 0.3 is 12.2 Å². The Morgan fingerprint density at radius 2 is 1.81 bits per heavy atom. The summed E-state index contributed by atoms with van der Waals surface area (Å²) in [4.78, 5) is 31.9. The molecule has 166 valence electrons. The number of hydrogen-bond acceptors (Lipinski definition) is 6. The highest BCUT2D eigenvalue weighted by molar-refractivity contribution is 5.68. The molecule has 0 unspecified atom stereocenters. The molecule has 0 spiro atoms. The second kappa shape index (κ2) is 11.2. The van der Waals surface area contributed by atoms with Crippen molar-refractivity contribution in [2.75, 3.05) is 33.9 Å². The van der Waals surface area contributed by atoms with Crippen molar-refractivity contribution in [2.24, 2.45) is 5.92 Å². The van der Waals surface area contributed by atoms with E-state index in [-0.39, 0.29) is 24.7 Å². The highest BCUT2D eigenvalue weighted by Gasteiger charge is 2.25. The zero-order valence-electron chi connectivity index (χ0n) is 18.0. The van der Waals surface area contributed by atoms with Gasteiger partial charge in [-0.2, -0.15) is 0 Å². The number of aromatic nitrogens is 1. The molecule has 0 radical (unpaired) electrons. The Hall–Kier alpha value is -3.29. The molecule has 3 rings (SSSR count). The number of likely N-dealkylation sites (tertiary alicyclic amines) is 1. The van der Waals surface area contributed by atoms with Gasteiger partial charge in [0, 0.05) is 32.4 Å². The van der Waals surface area contributed by atoms with Crippen LogP contribution in [0.25, 0.3) is 0 Å². The zero-order chi connectivity index (χ0) is 22.1. The molecule has 0 aliphatic carbocycles. The Bertz CT molecular complexity index is 836. The van der Waals surface area contributed by atoms with Gasteiger partial charge in [-0.25, -0.2) is 14.6 Å². The number of hydrogen-bond donors (Lipinski definition) is 0. The molecule has 0 atom stereocenters. The number of pyridine rings is 1. The summed E-state index contributed by atoms with van der Waals surface area (Å²) in [5.74, 6) is 0.766. The van der Waals surface area contributed by atoms with Gasteiger partial charge in [-0.3, -0.25) is 0 Å². The average molecular weight is 428 g/mol. The van der Waals surface area contributed by atoms with E-state index in [0.29, 0.717) is 32.1 Å². The van der Waals surface area contributed by atoms with Crippen molar-refractivity contribution in [3.8, 4) is 5.88 Å². The molecule has 1 aliphatic rings. The van der Waals surface area contributed by atoms with Crippen LogP contribution in [-0.4, -0.2) is 60.8 Å². The van der Waals surface area contributed by atoms with Crippen molar-refractivity contribution in [3.63, 3.8) is 0 Å². The van der Waals surface area contributed by atoms with Crippen LogP contribution in [0.1, 0.15) is 24.0 Å². The highest BCUT2D eigenvalue weighted by atomic mass is 16.6. The van der Waals surface area contributed by atoms with Crippen molar-refractivity contribution < 1.29 is 23.8 Å². The third-order valence-electron chi connectivity index (χ3n) is 5.26. The van der Waals surface area contributed by atoms with Gasteiger partial charge in [0.15, 0.2) is 0 Å². The number of carbonyl (C=O) groups is 2. The number of amides is 2. The molecule has 1 saturated heterocycles. The first-order valence-electron chi connectivity index (χ1n) is 10.4. The molecule has 8 nitrogen and oxygen atoms in total. The van der Waals surface area contributed by atoms with Gasteiger partial charge in [-0.15, -0.1) is 0 Å². The van der Waals surface area contributed by atoms with Crippen molar-refractivity contribution in [1.29, 1.82) is 0 Å². The number of ether oxygens (including phenoxy) is 3. The van der Waals surface area contributed by atoms with E-state index in [1.807, 2.05) is 36.4 Å². The number of methoxy groups -OCH3 is 1. The summed E-state index contributed by atoms with van der Waals surface area (Å²) in [5.41, 5.74) is 1.86. The van der Waals surface area contributed by atoms with Gasteiger partial charge in [-0.1, -0.05) is 36.4 Å². The molecule has 8 heteroatoms. The lowest BCUT2D eigenvalue weighted by Gasteiger charge is -2.31. The van der Waals surface area contributed by atoms with E-state index in [2.05, 4.69) is 4.98 Å². The summed E-state index contributed by atoms with van der Waals surface area (Å²) in [6.07, 6.45) is 2.56. The molecule has 31 heavy (non-hydrogen) atoms. The van der Waals surface area contributed by atoms with Crippen LogP contribution in [0.4, 0.5) is 9.59 Å². The topological polar surface area (TPSA) is 81.2 Å². The van der Waals surface area contributed by atoms with Gasteiger partial charge in [0.25, 0.3) is 0 Å². The first-order chi connectivity index (χ1) is 15.0. The van der Waals surface area contributed by atoms with E-state index in [4.69, 9.17) is 14.2 Å². The van der Waals surface area contributed by atoms with Crippen molar-refractivity contribution in [2.45, 2.75) is 26.0 Å². The normalized spacial score (nSPS) is 14.1. The van der Waals surface area contributed by atoms with E-state index in [9.17, 15) is 9.59 Å². The molecule has 2 amide bonds. The van der Waals surface area contributed by atoms with Crippen LogP contribution < -0.4 is 4.74 Å². The second-order valence-corrected chi connectivity index (χ2v) is 7.61. The van der Waals surface area contributed by atoms with E-state index in [1.165, 1.54) is 4.90 Å². The average Bonchev–Trinajstić information content (AvgIpc) is 2.82. The zero-order valence-corrected chi connectivity index (χ0v) is 18.0. The number of benzene rings is 1. The molecule has 2 aromatic rings. The predicted octanol–water partition coefficient (Wildman–Crippen LogP) is 3.71. The van der Waals surface area contributed by atoms with Crippen molar-refractivity contribution in [1.82, 2.24) is 14.8 Å². The molecule has 0 N–H and O–H groups in total. The van der Waals surface area contributed by atoms with Crippen LogP contribution in [0.15, 0.2) is 48.7 Å². The molecule has 1 aromatic carbocycles. The smallest absolute Gasteiger partial charge is 0.410 e. The Balaban J connectivity index is 1.34. The molecule has 1 fully saturated rings. The van der Waals surface area contributed by atoms with Crippen LogP contribution in [0.2, 0.25) is 0 Å². The third kappa shape index (κ3) is 6.87. The van der Waals surface area contributed by atoms with Crippen LogP contribution in [0.3, 0.4) is 0 Å². The Kier molecular flexibility index (Phi) is 8.09. The minimum absolute atomic E-state index is 0.234. The molecular formula is C23H29N3O5. The van der Waals surface area contributed by atoms with E-state index < -0.39 is 0 Å². The van der Waals surface area contributed by atoms with Crippen LogP contribution in [0, 0.1) is 5.92 Å². The van der Waals surface area contributed by atoms with Gasteiger partial charge < -0.3 is 24.0 Å². The maximum atomic E-state index is 12.3. The monoisotopic (exact) mass is 427 g/mol. The molecule has 2 heterocycles. The van der Waals surface area contributed by atoms with Crippen LogP contribution >= 0.6 is 0 Å². The fraction of sp³-hybridized carbons (Fsp3) is 0.435. The van der Waals surface area contributed by atoms with Gasteiger partial charge in [0.2, 0.25) is 5.88 Å².